The molecule has 1 heterocycles. The van der Waals surface area contributed by atoms with Gasteiger partial charge in [-0.1, -0.05) is 27.3 Å². The predicted molar refractivity (Wildman–Crippen MR) is 55.4 cm³/mol. The van der Waals surface area contributed by atoms with Gasteiger partial charge in [-0.05, 0) is 24.3 Å². The molecule has 5 heteroatoms. The van der Waals surface area contributed by atoms with Crippen molar-refractivity contribution in [3.8, 4) is 5.69 Å². The second-order valence-electron chi connectivity index (χ2n) is 2.39. The Morgan fingerprint density at radius 3 is 2.54 bits per heavy atom. The van der Waals surface area contributed by atoms with Gasteiger partial charge in [0.15, 0.2) is 0 Å². The van der Waals surface area contributed by atoms with E-state index in [2.05, 4.69) is 21.0 Å². The Bertz CT molecular complexity index is 459. The maximum atomic E-state index is 11.2. The highest BCUT2D eigenvalue weighted by molar-refractivity contribution is 9.10. The summed E-state index contributed by atoms with van der Waals surface area (Å²) in [5.41, 5.74) is 2.32. The van der Waals surface area contributed by atoms with Crippen LogP contribution in [0.4, 0.5) is 0 Å². The highest BCUT2D eigenvalue weighted by Gasteiger charge is 2.00. The van der Waals surface area contributed by atoms with E-state index in [-0.39, 0.29) is 4.87 Å². The summed E-state index contributed by atoms with van der Waals surface area (Å²) in [5, 5.41) is 3.92. The van der Waals surface area contributed by atoms with Crippen molar-refractivity contribution in [3.63, 3.8) is 0 Å². The van der Waals surface area contributed by atoms with Crippen molar-refractivity contribution in [3.05, 3.63) is 43.9 Å². The molecule has 0 aliphatic carbocycles. The molecule has 0 spiro atoms. The standard InChI is InChI=1S/C8H5BrN2OS/c9-6-1-3-7(4-2-6)11-8(12)13-5-10-11/h1-5H. The van der Waals surface area contributed by atoms with Crippen molar-refractivity contribution < 1.29 is 0 Å². The maximum absolute atomic E-state index is 11.2. The molecule has 0 fully saturated rings. The van der Waals surface area contributed by atoms with Gasteiger partial charge in [0.1, 0.15) is 5.51 Å². The lowest BCUT2D eigenvalue weighted by Crippen LogP contribution is -2.11. The molecule has 0 atom stereocenters. The highest BCUT2D eigenvalue weighted by Crippen LogP contribution is 2.12. The van der Waals surface area contributed by atoms with Gasteiger partial charge in [-0.2, -0.15) is 9.78 Å². The molecule has 1 aromatic heterocycles. The molecule has 0 aliphatic rings. The molecule has 0 radical (unpaired) electrons. The van der Waals surface area contributed by atoms with Crippen LogP contribution in [0.3, 0.4) is 0 Å². The topological polar surface area (TPSA) is 34.9 Å². The molecule has 0 unspecified atom stereocenters. The predicted octanol–water partition coefficient (Wildman–Crippen LogP) is 2.06. The minimum absolute atomic E-state index is 0.0673. The Hall–Kier alpha value is -0.940. The fourth-order valence-corrected chi connectivity index (χ4v) is 1.72. The summed E-state index contributed by atoms with van der Waals surface area (Å²) in [4.78, 5) is 11.1. The summed E-state index contributed by atoms with van der Waals surface area (Å²) in [7, 11) is 0. The lowest BCUT2D eigenvalue weighted by atomic mass is 10.3. The van der Waals surface area contributed by atoms with Crippen molar-refractivity contribution in [1.29, 1.82) is 0 Å². The number of nitrogens with zero attached hydrogens (tertiary/aromatic N) is 2. The van der Waals surface area contributed by atoms with Crippen LogP contribution in [-0.2, 0) is 0 Å². The van der Waals surface area contributed by atoms with E-state index in [1.54, 1.807) is 0 Å². The van der Waals surface area contributed by atoms with Gasteiger partial charge in [-0.3, -0.25) is 4.79 Å². The van der Waals surface area contributed by atoms with Gasteiger partial charge >= 0.3 is 4.87 Å². The first-order valence-electron chi connectivity index (χ1n) is 3.56. The zero-order chi connectivity index (χ0) is 9.26. The molecule has 0 bridgehead atoms. The van der Waals surface area contributed by atoms with Crippen LogP contribution < -0.4 is 4.87 Å². The minimum Gasteiger partial charge on any atom is -0.255 e. The molecule has 2 rings (SSSR count). The molecule has 13 heavy (non-hydrogen) atoms. The third-order valence-electron chi connectivity index (χ3n) is 1.56. The number of hydrogen-bond acceptors (Lipinski definition) is 3. The monoisotopic (exact) mass is 256 g/mol. The van der Waals surface area contributed by atoms with E-state index in [4.69, 9.17) is 0 Å². The molecular weight excluding hydrogens is 252 g/mol. The summed E-state index contributed by atoms with van der Waals surface area (Å²) >= 11 is 4.41. The van der Waals surface area contributed by atoms with E-state index in [1.807, 2.05) is 24.3 Å². The van der Waals surface area contributed by atoms with Crippen LogP contribution in [0.2, 0.25) is 0 Å². The first-order valence-corrected chi connectivity index (χ1v) is 5.23. The fraction of sp³-hybridized carbons (Fsp3) is 0. The van der Waals surface area contributed by atoms with Crippen LogP contribution in [0.5, 0.6) is 0 Å². The zero-order valence-electron chi connectivity index (χ0n) is 6.48. The first kappa shape index (κ1) is 8.65. The lowest BCUT2D eigenvalue weighted by molar-refractivity contribution is 0.852. The molecule has 1 aromatic carbocycles. The molecule has 0 amide bonds. The average Bonchev–Trinajstić information content (AvgIpc) is 2.53. The Morgan fingerprint density at radius 2 is 2.00 bits per heavy atom. The number of halogens is 1. The van der Waals surface area contributed by atoms with Gasteiger partial charge in [0, 0.05) is 4.47 Å². The third-order valence-corrected chi connectivity index (χ3v) is 2.66. The largest absolute Gasteiger partial charge is 0.329 e. The van der Waals surface area contributed by atoms with Gasteiger partial charge < -0.3 is 0 Å². The van der Waals surface area contributed by atoms with E-state index in [1.165, 1.54) is 10.2 Å². The molecule has 0 N–H and O–H groups in total. The summed E-state index contributed by atoms with van der Waals surface area (Å²) in [6.07, 6.45) is 0. The summed E-state index contributed by atoms with van der Waals surface area (Å²) in [6, 6.07) is 7.43. The SMILES string of the molecule is O=c1scnn1-c1ccc(Br)cc1. The van der Waals surface area contributed by atoms with Crippen molar-refractivity contribution >= 4 is 27.3 Å². The number of hydrogen-bond donors (Lipinski definition) is 0. The van der Waals surface area contributed by atoms with Crippen LogP contribution in [0.1, 0.15) is 0 Å². The van der Waals surface area contributed by atoms with E-state index in [0.717, 1.165) is 21.5 Å². The van der Waals surface area contributed by atoms with Crippen LogP contribution in [0.25, 0.3) is 5.69 Å². The summed E-state index contributed by atoms with van der Waals surface area (Å²) in [5.74, 6) is 0. The minimum atomic E-state index is -0.0673. The second-order valence-corrected chi connectivity index (χ2v) is 4.10. The first-order chi connectivity index (χ1) is 6.27. The van der Waals surface area contributed by atoms with E-state index in [0.29, 0.717) is 0 Å². The van der Waals surface area contributed by atoms with Gasteiger partial charge in [0.25, 0.3) is 0 Å². The fourth-order valence-electron chi connectivity index (χ4n) is 0.967. The average molecular weight is 257 g/mol. The van der Waals surface area contributed by atoms with Gasteiger partial charge in [0.2, 0.25) is 0 Å². The van der Waals surface area contributed by atoms with E-state index in [9.17, 15) is 4.79 Å². The van der Waals surface area contributed by atoms with Gasteiger partial charge in [0.05, 0.1) is 5.69 Å². The van der Waals surface area contributed by atoms with Crippen molar-refractivity contribution in [2.45, 2.75) is 0 Å². The van der Waals surface area contributed by atoms with Crippen molar-refractivity contribution in [2.75, 3.05) is 0 Å². The Labute approximate surface area is 86.8 Å². The Balaban J connectivity index is 2.54. The quantitative estimate of drug-likeness (QED) is 0.783. The van der Waals surface area contributed by atoms with E-state index < -0.39 is 0 Å². The molecule has 0 saturated heterocycles. The zero-order valence-corrected chi connectivity index (χ0v) is 8.88. The molecule has 0 saturated carbocycles. The van der Waals surface area contributed by atoms with Crippen molar-refractivity contribution in [2.24, 2.45) is 0 Å². The number of benzene rings is 1. The Morgan fingerprint density at radius 1 is 1.31 bits per heavy atom. The summed E-state index contributed by atoms with van der Waals surface area (Å²) in [6.45, 7) is 0. The van der Waals surface area contributed by atoms with Crippen molar-refractivity contribution in [1.82, 2.24) is 9.78 Å². The summed E-state index contributed by atoms with van der Waals surface area (Å²) < 4.78 is 2.36. The number of rotatable bonds is 1. The molecule has 0 aliphatic heterocycles. The lowest BCUT2D eigenvalue weighted by Gasteiger charge is -1.97. The normalized spacial score (nSPS) is 10.2. The second kappa shape index (κ2) is 3.43. The molecular formula is C8H5BrN2OS. The Kier molecular flexibility index (Phi) is 2.28. The van der Waals surface area contributed by atoms with Gasteiger partial charge in [-0.15, -0.1) is 0 Å². The van der Waals surface area contributed by atoms with E-state index >= 15 is 0 Å². The maximum Gasteiger partial charge on any atom is 0.329 e. The molecule has 2 aromatic rings. The molecule has 3 nitrogen and oxygen atoms in total. The third kappa shape index (κ3) is 1.71. The number of aromatic nitrogens is 2. The van der Waals surface area contributed by atoms with Gasteiger partial charge in [-0.25, -0.2) is 0 Å². The van der Waals surface area contributed by atoms with Crippen LogP contribution in [0, 0.1) is 0 Å². The van der Waals surface area contributed by atoms with Crippen LogP contribution in [0.15, 0.2) is 39.0 Å². The molecule has 66 valence electrons. The van der Waals surface area contributed by atoms with Crippen LogP contribution >= 0.6 is 27.3 Å². The van der Waals surface area contributed by atoms with Crippen LogP contribution in [-0.4, -0.2) is 9.78 Å². The highest BCUT2D eigenvalue weighted by atomic mass is 79.9. The smallest absolute Gasteiger partial charge is 0.255 e.